The molecule has 0 aromatic heterocycles. The first-order chi connectivity index (χ1) is 9.27. The first-order valence-corrected chi connectivity index (χ1v) is 8.26. The van der Waals surface area contributed by atoms with Crippen LogP contribution in [0.5, 0.6) is 0 Å². The van der Waals surface area contributed by atoms with Gasteiger partial charge < -0.3 is 10.2 Å². The van der Waals surface area contributed by atoms with Crippen molar-refractivity contribution in [3.05, 3.63) is 28.2 Å². The number of benzene rings is 1. The maximum atomic E-state index is 12.1. The van der Waals surface area contributed by atoms with E-state index in [0.29, 0.717) is 12.8 Å². The van der Waals surface area contributed by atoms with Crippen molar-refractivity contribution in [3.63, 3.8) is 0 Å². The molecule has 1 aromatic carbocycles. The molecule has 0 radical (unpaired) electrons. The third-order valence-electron chi connectivity index (χ3n) is 2.71. The van der Waals surface area contributed by atoms with Gasteiger partial charge in [0.2, 0.25) is 10.0 Å². The second-order valence-corrected chi connectivity index (χ2v) is 6.79. The van der Waals surface area contributed by atoms with Crippen LogP contribution < -0.4 is 4.72 Å². The highest BCUT2D eigenvalue weighted by Crippen LogP contribution is 2.23. The first-order valence-electron chi connectivity index (χ1n) is 5.98. The summed E-state index contributed by atoms with van der Waals surface area (Å²) < 4.78 is 26.8. The lowest BCUT2D eigenvalue weighted by Crippen LogP contribution is -2.27. The number of aliphatic hydroxyl groups excluding tert-OH is 1. The van der Waals surface area contributed by atoms with Gasteiger partial charge in [0.25, 0.3) is 0 Å². The van der Waals surface area contributed by atoms with Gasteiger partial charge in [-0.05, 0) is 47.0 Å². The second kappa shape index (κ2) is 7.16. The van der Waals surface area contributed by atoms with Crippen LogP contribution in [-0.2, 0) is 10.0 Å². The molecule has 8 heteroatoms. The fourth-order valence-electron chi connectivity index (χ4n) is 1.48. The van der Waals surface area contributed by atoms with Crippen molar-refractivity contribution < 1.29 is 23.4 Å². The molecule has 0 saturated carbocycles. The van der Waals surface area contributed by atoms with Crippen molar-refractivity contribution >= 4 is 31.9 Å². The van der Waals surface area contributed by atoms with Crippen LogP contribution >= 0.6 is 15.9 Å². The number of halogens is 1. The molecule has 1 aromatic rings. The topological polar surface area (TPSA) is 104 Å². The van der Waals surface area contributed by atoms with Gasteiger partial charge >= 0.3 is 5.97 Å². The predicted octanol–water partition coefficient (Wildman–Crippen LogP) is 1.59. The highest BCUT2D eigenvalue weighted by Gasteiger charge is 2.19. The number of carboxylic acid groups (broad SMARTS) is 1. The van der Waals surface area contributed by atoms with E-state index in [2.05, 4.69) is 20.7 Å². The van der Waals surface area contributed by atoms with Crippen LogP contribution in [0.2, 0.25) is 0 Å². The van der Waals surface area contributed by atoms with Gasteiger partial charge in [0.05, 0.1) is 16.6 Å². The third kappa shape index (κ3) is 4.55. The minimum Gasteiger partial charge on any atom is -0.478 e. The van der Waals surface area contributed by atoms with Crippen LogP contribution in [0.3, 0.4) is 0 Å². The van der Waals surface area contributed by atoms with E-state index in [1.54, 1.807) is 6.92 Å². The number of aromatic carboxylic acids is 1. The number of nitrogens with one attached hydrogen (secondary N) is 1. The van der Waals surface area contributed by atoms with Crippen molar-refractivity contribution in [2.75, 3.05) is 6.54 Å². The van der Waals surface area contributed by atoms with Crippen molar-refractivity contribution in [2.24, 2.45) is 0 Å². The van der Waals surface area contributed by atoms with Crippen molar-refractivity contribution in [2.45, 2.75) is 30.8 Å². The minimum absolute atomic E-state index is 0.0844. The van der Waals surface area contributed by atoms with Crippen molar-refractivity contribution in [1.82, 2.24) is 4.72 Å². The molecule has 0 amide bonds. The Hall–Kier alpha value is -0.960. The number of aliphatic hydroxyl groups is 1. The minimum atomic E-state index is -3.82. The lowest BCUT2D eigenvalue weighted by molar-refractivity contribution is 0.0696. The molecule has 0 heterocycles. The molecule has 0 aliphatic heterocycles. The van der Waals surface area contributed by atoms with Crippen LogP contribution in [0.1, 0.15) is 30.1 Å². The zero-order valence-corrected chi connectivity index (χ0v) is 13.2. The number of carbonyl (C=O) groups is 1. The number of hydrogen-bond donors (Lipinski definition) is 3. The summed E-state index contributed by atoms with van der Waals surface area (Å²) in [4.78, 5) is 10.7. The summed E-state index contributed by atoms with van der Waals surface area (Å²) >= 11 is 3.09. The first kappa shape index (κ1) is 17.1. The monoisotopic (exact) mass is 365 g/mol. The molecular formula is C12H16BrNO5S. The number of carboxylic acids is 1. The molecule has 3 N–H and O–H groups in total. The van der Waals surface area contributed by atoms with Gasteiger partial charge in [0, 0.05) is 11.0 Å². The van der Waals surface area contributed by atoms with Crippen LogP contribution in [0.25, 0.3) is 0 Å². The summed E-state index contributed by atoms with van der Waals surface area (Å²) in [5, 5.41) is 18.3. The molecule has 0 saturated heterocycles. The summed E-state index contributed by atoms with van der Waals surface area (Å²) in [7, 11) is -3.82. The average molecular weight is 366 g/mol. The summed E-state index contributed by atoms with van der Waals surface area (Å²) in [6.45, 7) is 1.88. The van der Waals surface area contributed by atoms with Gasteiger partial charge in [0.1, 0.15) is 0 Å². The number of sulfonamides is 1. The van der Waals surface area contributed by atoms with E-state index >= 15 is 0 Å². The Balaban J connectivity index is 2.92. The summed E-state index contributed by atoms with van der Waals surface area (Å²) in [6, 6.07) is 3.77. The van der Waals surface area contributed by atoms with E-state index in [0.717, 1.165) is 6.07 Å². The quantitative estimate of drug-likeness (QED) is 0.680. The fourth-order valence-corrected chi connectivity index (χ4v) is 3.52. The Bertz CT molecular complexity index is 588. The molecule has 1 unspecified atom stereocenters. The summed E-state index contributed by atoms with van der Waals surface area (Å²) in [6.07, 6.45) is 0.276. The largest absolute Gasteiger partial charge is 0.478 e. The smallest absolute Gasteiger partial charge is 0.335 e. The van der Waals surface area contributed by atoms with Gasteiger partial charge in [-0.25, -0.2) is 17.9 Å². The molecule has 1 atom stereocenters. The molecule has 0 spiro atoms. The van der Waals surface area contributed by atoms with E-state index in [9.17, 15) is 18.3 Å². The molecule has 112 valence electrons. The Morgan fingerprint density at radius 2 is 2.10 bits per heavy atom. The van der Waals surface area contributed by atoms with Crippen LogP contribution in [0.15, 0.2) is 27.6 Å². The number of rotatable bonds is 7. The highest BCUT2D eigenvalue weighted by molar-refractivity contribution is 9.10. The Morgan fingerprint density at radius 1 is 1.45 bits per heavy atom. The van der Waals surface area contributed by atoms with Gasteiger partial charge in [-0.3, -0.25) is 0 Å². The van der Waals surface area contributed by atoms with Gasteiger partial charge in [0.15, 0.2) is 0 Å². The molecule has 1 rings (SSSR count). The van der Waals surface area contributed by atoms with Gasteiger partial charge in [-0.2, -0.15) is 0 Å². The van der Waals surface area contributed by atoms with Crippen LogP contribution in [0, 0.1) is 0 Å². The van der Waals surface area contributed by atoms with Gasteiger partial charge in [-0.15, -0.1) is 0 Å². The lowest BCUT2D eigenvalue weighted by atomic mass is 10.2. The predicted molar refractivity (Wildman–Crippen MR) is 77.2 cm³/mol. The molecule has 0 fully saturated rings. The maximum absolute atomic E-state index is 12.1. The molecule has 0 aliphatic carbocycles. The lowest BCUT2D eigenvalue weighted by Gasteiger charge is -2.11. The Kier molecular flexibility index (Phi) is 6.12. The highest BCUT2D eigenvalue weighted by atomic mass is 79.9. The van der Waals surface area contributed by atoms with E-state index in [4.69, 9.17) is 5.11 Å². The van der Waals surface area contributed by atoms with E-state index in [1.807, 2.05) is 0 Å². The summed E-state index contributed by atoms with van der Waals surface area (Å²) in [5.41, 5.74) is -0.109. The molecule has 0 aliphatic rings. The second-order valence-electron chi connectivity index (χ2n) is 4.20. The van der Waals surface area contributed by atoms with E-state index < -0.39 is 22.1 Å². The van der Waals surface area contributed by atoms with Crippen molar-refractivity contribution in [1.29, 1.82) is 0 Å². The average Bonchev–Trinajstić information content (AvgIpc) is 2.38. The standard InChI is InChI=1S/C12H16BrNO5S/c1-2-9(15)5-6-14-20(18,19)11-7-8(12(16)17)3-4-10(11)13/h3-4,7,9,14-15H,2,5-6H2,1H3,(H,16,17). The zero-order chi connectivity index (χ0) is 15.3. The molecule has 0 bridgehead atoms. The fraction of sp³-hybridized carbons (Fsp3) is 0.417. The molecule has 20 heavy (non-hydrogen) atoms. The summed E-state index contributed by atoms with van der Waals surface area (Å²) in [5.74, 6) is -1.20. The SMILES string of the molecule is CCC(O)CCNS(=O)(=O)c1cc(C(=O)O)ccc1Br. The Labute approximate surface area is 126 Å². The zero-order valence-electron chi connectivity index (χ0n) is 10.8. The van der Waals surface area contributed by atoms with Crippen molar-refractivity contribution in [3.8, 4) is 0 Å². The van der Waals surface area contributed by atoms with E-state index in [1.165, 1.54) is 12.1 Å². The molecule has 6 nitrogen and oxygen atoms in total. The van der Waals surface area contributed by atoms with E-state index in [-0.39, 0.29) is 21.5 Å². The third-order valence-corrected chi connectivity index (χ3v) is 5.16. The van der Waals surface area contributed by atoms with Crippen LogP contribution in [-0.4, -0.2) is 37.2 Å². The van der Waals surface area contributed by atoms with Crippen LogP contribution in [0.4, 0.5) is 0 Å². The number of hydrogen-bond acceptors (Lipinski definition) is 4. The maximum Gasteiger partial charge on any atom is 0.335 e. The Morgan fingerprint density at radius 3 is 2.65 bits per heavy atom. The van der Waals surface area contributed by atoms with Gasteiger partial charge in [-0.1, -0.05) is 6.92 Å². The molecular weight excluding hydrogens is 350 g/mol. The normalized spacial score (nSPS) is 13.2.